The summed E-state index contributed by atoms with van der Waals surface area (Å²) < 4.78 is 0. The van der Waals surface area contributed by atoms with E-state index in [0.29, 0.717) is 38.6 Å². The molecule has 29 N–H and O–H groups in total. The van der Waals surface area contributed by atoms with Crippen LogP contribution < -0.4 is 85.6 Å². The summed E-state index contributed by atoms with van der Waals surface area (Å²) in [5, 5.41) is 2.65. The fourth-order valence-corrected chi connectivity index (χ4v) is 9.60. The van der Waals surface area contributed by atoms with Crippen LogP contribution in [0.1, 0.15) is 156 Å². The monoisotopic (exact) mass is 1200 g/mol. The predicted octanol–water partition coefficient (Wildman–Crippen LogP) is -1.82. The average molecular weight is 1200 g/mol. The molecule has 0 fully saturated rings. The minimum Gasteiger partial charge on any atom is -0.370 e. The first-order valence-electron chi connectivity index (χ1n) is 29.4. The summed E-state index contributed by atoms with van der Waals surface area (Å²) in [6, 6.07) is 0. The summed E-state index contributed by atoms with van der Waals surface area (Å²) in [4.78, 5) is 142. The first kappa shape index (κ1) is 77.0. The van der Waals surface area contributed by atoms with Crippen molar-refractivity contribution in [2.45, 2.75) is 156 Å². The van der Waals surface area contributed by atoms with Gasteiger partial charge in [-0.05, 0) is 96.3 Å². The standard InChI is InChI=1S/C55H104N22O8/c1-4-34(12-5-19-70-49(56)57)41(78)26-35(13-6-20-71-50(58)59)42(79)27-36(14-7-21-72-51(60)61)43(80)28-37(15-8-22-73-52(62)63)44(81)29-38(16-9-23-74-53(64)65)45(82)30-39(17-10-24-75-54(66)67)46(83)31-40(18-11-25-76-55(68)69)48(85)77-32-47(84)33(2)3/h33-40H,4-32H2,1-3H3,(H,77,85)(H4,56,57,70)(H4,58,59,71)(H4,60,61,72)(H4,62,63,73)(H4,64,65,74)(H4,66,67,75)(H4,68,69,76). The predicted molar refractivity (Wildman–Crippen MR) is 335 cm³/mol. The first-order chi connectivity index (χ1) is 40.1. The molecule has 7 unspecified atom stereocenters. The number of amides is 1. The molecule has 0 aromatic rings. The molecule has 0 aliphatic rings. The van der Waals surface area contributed by atoms with E-state index < -0.39 is 64.5 Å². The minimum absolute atomic E-state index is 0.0633. The number of hydrogen-bond acceptors (Lipinski definition) is 15. The normalized spacial score (nSPS) is 13.4. The van der Waals surface area contributed by atoms with E-state index in [1.165, 1.54) is 0 Å². The van der Waals surface area contributed by atoms with E-state index in [-0.39, 0.29) is 219 Å². The molecule has 0 aliphatic carbocycles. The fourth-order valence-electron chi connectivity index (χ4n) is 9.60. The Balaban J connectivity index is 7.41. The SMILES string of the molecule is CCC(CCCN=C(N)N)C(=O)CC(CCCN=C(N)N)C(=O)CC(CCCN=C(N)N)C(=O)CC(CCCN=C(N)N)C(=O)CC(CCCN=C(N)N)C(=O)CC(CCCN=C(N)N)C(=O)CC(CCCN=C(N)N)C(=O)NCC(=O)C(C)C. The summed E-state index contributed by atoms with van der Waals surface area (Å²) in [6.07, 6.45) is 2.46. The van der Waals surface area contributed by atoms with Gasteiger partial charge in [-0.2, -0.15) is 0 Å². The second-order valence-electron chi connectivity index (χ2n) is 21.8. The largest absolute Gasteiger partial charge is 0.370 e. The van der Waals surface area contributed by atoms with Crippen LogP contribution in [0.4, 0.5) is 0 Å². The topological polar surface area (TPSA) is 599 Å². The van der Waals surface area contributed by atoms with Crippen LogP contribution in [-0.4, -0.2) is 140 Å². The van der Waals surface area contributed by atoms with E-state index in [2.05, 4.69) is 40.3 Å². The maximum atomic E-state index is 14.9. The lowest BCUT2D eigenvalue weighted by Gasteiger charge is -2.25. The van der Waals surface area contributed by atoms with Crippen LogP contribution in [-0.2, 0) is 38.4 Å². The van der Waals surface area contributed by atoms with Gasteiger partial charge in [0.2, 0.25) is 5.91 Å². The van der Waals surface area contributed by atoms with Crippen LogP contribution in [0.3, 0.4) is 0 Å². The molecule has 0 aromatic carbocycles. The molecule has 30 heteroatoms. The van der Waals surface area contributed by atoms with Crippen LogP contribution in [0.25, 0.3) is 0 Å². The van der Waals surface area contributed by atoms with Gasteiger partial charge in [-0.25, -0.2) is 0 Å². The molecule has 0 radical (unpaired) electrons. The Morgan fingerprint density at radius 1 is 0.294 bits per heavy atom. The molecule has 0 aromatic heterocycles. The first-order valence-corrected chi connectivity index (χ1v) is 29.4. The molecule has 0 aliphatic heterocycles. The van der Waals surface area contributed by atoms with E-state index in [4.69, 9.17) is 80.3 Å². The molecule has 0 spiro atoms. The molecule has 7 atom stereocenters. The number of aliphatic imine (C=N–C) groups is 7. The Labute approximate surface area is 500 Å². The van der Waals surface area contributed by atoms with Crippen LogP contribution in [0.5, 0.6) is 0 Å². The van der Waals surface area contributed by atoms with Gasteiger partial charge in [-0.3, -0.25) is 73.3 Å². The summed E-state index contributed by atoms with van der Waals surface area (Å²) in [6.45, 7) is 6.17. The van der Waals surface area contributed by atoms with E-state index in [0.717, 1.165) is 0 Å². The molecular formula is C55H104N22O8. The van der Waals surface area contributed by atoms with Crippen molar-refractivity contribution in [3.05, 3.63) is 0 Å². The molecule has 1 amide bonds. The maximum absolute atomic E-state index is 14.9. The molecule has 482 valence electrons. The van der Waals surface area contributed by atoms with Gasteiger partial charge in [-0.15, -0.1) is 0 Å². The van der Waals surface area contributed by atoms with Crippen molar-refractivity contribution in [2.24, 2.45) is 163 Å². The van der Waals surface area contributed by atoms with Gasteiger partial charge in [-0.1, -0.05) is 20.8 Å². The van der Waals surface area contributed by atoms with E-state index in [1.807, 2.05) is 6.92 Å². The van der Waals surface area contributed by atoms with Crippen molar-refractivity contribution in [1.82, 2.24) is 5.32 Å². The third-order valence-corrected chi connectivity index (χ3v) is 14.4. The number of carbonyl (C=O) groups is 8. The summed E-state index contributed by atoms with van der Waals surface area (Å²) >= 11 is 0. The number of nitrogens with one attached hydrogen (secondary N) is 1. The van der Waals surface area contributed by atoms with E-state index >= 15 is 0 Å². The zero-order valence-corrected chi connectivity index (χ0v) is 50.6. The molecule has 0 heterocycles. The van der Waals surface area contributed by atoms with Crippen LogP contribution >= 0.6 is 0 Å². The van der Waals surface area contributed by atoms with Crippen molar-refractivity contribution in [3.8, 4) is 0 Å². The highest BCUT2D eigenvalue weighted by Gasteiger charge is 2.35. The fraction of sp³-hybridized carbons (Fsp3) is 0.727. The molecule has 30 nitrogen and oxygen atoms in total. The second-order valence-corrected chi connectivity index (χ2v) is 21.8. The molecule has 0 saturated carbocycles. The molecule has 0 rings (SSSR count). The molecule has 85 heavy (non-hydrogen) atoms. The van der Waals surface area contributed by atoms with Crippen molar-refractivity contribution in [3.63, 3.8) is 0 Å². The van der Waals surface area contributed by atoms with Gasteiger partial charge in [0, 0.05) is 132 Å². The number of carbonyl (C=O) groups excluding carboxylic acids is 8. The smallest absolute Gasteiger partial charge is 0.223 e. The van der Waals surface area contributed by atoms with Gasteiger partial charge >= 0.3 is 0 Å². The van der Waals surface area contributed by atoms with E-state index in [9.17, 15) is 38.4 Å². The van der Waals surface area contributed by atoms with Crippen molar-refractivity contribution < 1.29 is 38.4 Å². The van der Waals surface area contributed by atoms with Crippen LogP contribution in [0.2, 0.25) is 0 Å². The number of hydrogen-bond donors (Lipinski definition) is 15. The van der Waals surface area contributed by atoms with Crippen molar-refractivity contribution >= 4 is 88.1 Å². The number of ketones is 7. The number of rotatable bonds is 51. The Kier molecular flexibility index (Phi) is 40.4. The molecule has 0 saturated heterocycles. The Hall–Kier alpha value is -7.95. The van der Waals surface area contributed by atoms with Crippen LogP contribution in [0, 0.1) is 47.3 Å². The van der Waals surface area contributed by atoms with Crippen molar-refractivity contribution in [2.75, 3.05) is 52.4 Å². The zero-order valence-electron chi connectivity index (χ0n) is 50.6. The van der Waals surface area contributed by atoms with E-state index in [1.54, 1.807) is 13.8 Å². The highest BCUT2D eigenvalue weighted by molar-refractivity contribution is 5.97. The summed E-state index contributed by atoms with van der Waals surface area (Å²) in [7, 11) is 0. The minimum atomic E-state index is -1.00. The summed E-state index contributed by atoms with van der Waals surface area (Å²) in [5.74, 6) is -10.4. The number of nitrogens with two attached hydrogens (primary N) is 14. The quantitative estimate of drug-likeness (QED) is 0.0181. The average Bonchev–Trinajstić information content (AvgIpc) is 3.57. The number of Topliss-reactive ketones (excluding diaryl/α,β-unsaturated/α-hetero) is 7. The zero-order chi connectivity index (χ0) is 64.4. The van der Waals surface area contributed by atoms with Crippen LogP contribution in [0.15, 0.2) is 34.9 Å². The lowest BCUT2D eigenvalue weighted by atomic mass is 9.78. The van der Waals surface area contributed by atoms with Gasteiger partial charge in [0.15, 0.2) is 47.5 Å². The number of guanidine groups is 7. The van der Waals surface area contributed by atoms with Gasteiger partial charge in [0.1, 0.15) is 34.7 Å². The molecule has 0 bridgehead atoms. The number of nitrogens with zero attached hydrogens (tertiary/aromatic N) is 7. The lowest BCUT2D eigenvalue weighted by Crippen LogP contribution is -2.38. The second kappa shape index (κ2) is 44.6. The van der Waals surface area contributed by atoms with Crippen molar-refractivity contribution in [1.29, 1.82) is 0 Å². The summed E-state index contributed by atoms with van der Waals surface area (Å²) in [5.41, 5.74) is 78.1. The third-order valence-electron chi connectivity index (χ3n) is 14.4. The Morgan fingerprint density at radius 2 is 0.482 bits per heavy atom. The Morgan fingerprint density at radius 3 is 0.682 bits per heavy atom. The highest BCUT2D eigenvalue weighted by atomic mass is 16.2. The maximum Gasteiger partial charge on any atom is 0.223 e. The third kappa shape index (κ3) is 38.5. The van der Waals surface area contributed by atoms with Gasteiger partial charge in [0.25, 0.3) is 0 Å². The van der Waals surface area contributed by atoms with Gasteiger partial charge in [0.05, 0.1) is 6.54 Å². The Bertz CT molecular complexity index is 2310. The lowest BCUT2D eigenvalue weighted by molar-refractivity contribution is -0.136. The van der Waals surface area contributed by atoms with Gasteiger partial charge < -0.3 is 85.6 Å². The molecular weight excluding hydrogens is 1100 g/mol. The highest BCUT2D eigenvalue weighted by Crippen LogP contribution is 2.30.